The van der Waals surface area contributed by atoms with Crippen molar-refractivity contribution in [2.24, 2.45) is 5.92 Å². The molecule has 1 aromatic rings. The van der Waals surface area contributed by atoms with Gasteiger partial charge in [-0.1, -0.05) is 43.5 Å². The summed E-state index contributed by atoms with van der Waals surface area (Å²) in [4.78, 5) is 0. The smallest absolute Gasteiger partial charge is 0.142 e. The van der Waals surface area contributed by atoms with E-state index < -0.39 is 0 Å². The molecule has 2 rings (SSSR count). The summed E-state index contributed by atoms with van der Waals surface area (Å²) >= 11 is 6.13. The Hall–Kier alpha value is -0.600. The van der Waals surface area contributed by atoms with Gasteiger partial charge in [0.25, 0.3) is 0 Å². The van der Waals surface area contributed by atoms with Gasteiger partial charge >= 0.3 is 0 Å². The number of nitrogens with one attached hydrogen (secondary N) is 1. The minimum atomic E-state index is -0.310. The predicted octanol–water partition coefficient (Wildman–Crippen LogP) is 4.71. The number of hydrogen-bond acceptors (Lipinski definition) is 1. The topological polar surface area (TPSA) is 12.0 Å². The molecule has 0 bridgehead atoms. The van der Waals surface area contributed by atoms with Gasteiger partial charge in [0.2, 0.25) is 0 Å². The van der Waals surface area contributed by atoms with Crippen LogP contribution in [0.2, 0.25) is 5.02 Å². The fourth-order valence-electron chi connectivity index (χ4n) is 2.88. The fourth-order valence-corrected chi connectivity index (χ4v) is 3.13. The first-order valence-electron chi connectivity index (χ1n) is 6.91. The maximum Gasteiger partial charge on any atom is 0.142 e. The molecule has 1 aromatic carbocycles. The molecular weight excluding hydrogens is 249 g/mol. The van der Waals surface area contributed by atoms with Crippen molar-refractivity contribution in [3.05, 3.63) is 34.6 Å². The monoisotopic (exact) mass is 269 g/mol. The largest absolute Gasteiger partial charge is 0.310 e. The highest BCUT2D eigenvalue weighted by atomic mass is 35.5. The van der Waals surface area contributed by atoms with E-state index in [9.17, 15) is 4.39 Å². The molecule has 3 heteroatoms. The Morgan fingerprint density at radius 2 is 2.11 bits per heavy atom. The molecule has 0 spiro atoms. The molecule has 1 atom stereocenters. The maximum atomic E-state index is 13.6. The zero-order valence-corrected chi connectivity index (χ0v) is 11.6. The predicted molar refractivity (Wildman–Crippen MR) is 74.4 cm³/mol. The Morgan fingerprint density at radius 3 is 2.78 bits per heavy atom. The van der Waals surface area contributed by atoms with E-state index in [2.05, 4.69) is 12.2 Å². The van der Waals surface area contributed by atoms with E-state index >= 15 is 0 Å². The molecule has 0 aliphatic heterocycles. The van der Waals surface area contributed by atoms with Gasteiger partial charge in [-0.15, -0.1) is 0 Å². The summed E-state index contributed by atoms with van der Waals surface area (Å²) in [7, 11) is 0. The summed E-state index contributed by atoms with van der Waals surface area (Å²) in [5, 5.41) is 3.83. The van der Waals surface area contributed by atoms with Gasteiger partial charge in [0, 0.05) is 6.04 Å². The van der Waals surface area contributed by atoms with Crippen LogP contribution in [-0.2, 0) is 0 Å². The fraction of sp³-hybridized carbons (Fsp3) is 0.600. The van der Waals surface area contributed by atoms with Crippen LogP contribution in [0.5, 0.6) is 0 Å². The van der Waals surface area contributed by atoms with E-state index in [1.807, 2.05) is 6.07 Å². The number of hydrogen-bond donors (Lipinski definition) is 1. The van der Waals surface area contributed by atoms with E-state index in [1.165, 1.54) is 31.7 Å². The first kappa shape index (κ1) is 13.8. The van der Waals surface area contributed by atoms with Crippen molar-refractivity contribution in [3.8, 4) is 0 Å². The van der Waals surface area contributed by atoms with Gasteiger partial charge in [-0.05, 0) is 43.4 Å². The quantitative estimate of drug-likeness (QED) is 0.816. The Morgan fingerprint density at radius 1 is 1.39 bits per heavy atom. The van der Waals surface area contributed by atoms with Gasteiger partial charge in [-0.2, -0.15) is 0 Å². The lowest BCUT2D eigenvalue weighted by atomic mass is 9.91. The highest BCUT2D eigenvalue weighted by Crippen LogP contribution is 2.38. The van der Waals surface area contributed by atoms with Crippen LogP contribution in [0.25, 0.3) is 0 Å². The highest BCUT2D eigenvalue weighted by Gasteiger charge is 2.27. The van der Waals surface area contributed by atoms with E-state index in [-0.39, 0.29) is 16.9 Å². The molecule has 1 aliphatic rings. The first-order chi connectivity index (χ1) is 8.74. The Labute approximate surface area is 114 Å². The van der Waals surface area contributed by atoms with Crippen molar-refractivity contribution in [2.45, 2.75) is 45.1 Å². The van der Waals surface area contributed by atoms with Gasteiger partial charge in [-0.3, -0.25) is 0 Å². The molecule has 0 aromatic heterocycles. The van der Waals surface area contributed by atoms with E-state index in [4.69, 9.17) is 11.6 Å². The third kappa shape index (κ3) is 3.04. The summed E-state index contributed by atoms with van der Waals surface area (Å²) in [6.07, 6.45) is 6.07. The number of halogens is 2. The summed E-state index contributed by atoms with van der Waals surface area (Å²) in [5.74, 6) is 0.284. The minimum Gasteiger partial charge on any atom is -0.310 e. The average Bonchev–Trinajstić information content (AvgIpc) is 2.88. The molecule has 100 valence electrons. The normalized spacial score (nSPS) is 18.2. The summed E-state index contributed by atoms with van der Waals surface area (Å²) < 4.78 is 13.6. The van der Waals surface area contributed by atoms with Crippen LogP contribution in [0.1, 0.15) is 50.6 Å². The van der Waals surface area contributed by atoms with Gasteiger partial charge < -0.3 is 5.32 Å². The highest BCUT2D eigenvalue weighted by molar-refractivity contribution is 6.31. The lowest BCUT2D eigenvalue weighted by molar-refractivity contribution is 0.367. The minimum absolute atomic E-state index is 0.204. The standard InChI is InChI=1S/C15H21ClFN/c1-2-10-18-15(11-6-3-4-7-11)12-8-5-9-13(17)14(12)16/h5,8-9,11,15,18H,2-4,6-7,10H2,1H3. The molecule has 1 fully saturated rings. The second-order valence-corrected chi connectivity index (χ2v) is 5.50. The molecular formula is C15H21ClFN. The first-order valence-corrected chi connectivity index (χ1v) is 7.29. The van der Waals surface area contributed by atoms with Crippen LogP contribution < -0.4 is 5.32 Å². The molecule has 1 N–H and O–H groups in total. The summed E-state index contributed by atoms with van der Waals surface area (Å²) in [6.45, 7) is 3.10. The molecule has 1 unspecified atom stereocenters. The molecule has 0 amide bonds. The second kappa shape index (κ2) is 6.53. The van der Waals surface area contributed by atoms with Crippen molar-refractivity contribution in [1.82, 2.24) is 5.32 Å². The van der Waals surface area contributed by atoms with Gasteiger partial charge in [0.15, 0.2) is 0 Å². The number of benzene rings is 1. The summed E-state index contributed by atoms with van der Waals surface area (Å²) in [6, 6.07) is 5.34. The van der Waals surface area contributed by atoms with Crippen LogP contribution in [0.15, 0.2) is 18.2 Å². The molecule has 1 nitrogen and oxygen atoms in total. The van der Waals surface area contributed by atoms with Crippen molar-refractivity contribution >= 4 is 11.6 Å². The van der Waals surface area contributed by atoms with Crippen LogP contribution in [0.4, 0.5) is 4.39 Å². The third-order valence-corrected chi connectivity index (χ3v) is 4.20. The van der Waals surface area contributed by atoms with Crippen LogP contribution in [0, 0.1) is 11.7 Å². The molecule has 1 aliphatic carbocycles. The average molecular weight is 270 g/mol. The summed E-state index contributed by atoms with van der Waals surface area (Å²) in [5.41, 5.74) is 0.928. The van der Waals surface area contributed by atoms with E-state index in [0.29, 0.717) is 5.92 Å². The van der Waals surface area contributed by atoms with Crippen molar-refractivity contribution in [3.63, 3.8) is 0 Å². The Kier molecular flexibility index (Phi) is 5.02. The zero-order valence-electron chi connectivity index (χ0n) is 10.9. The van der Waals surface area contributed by atoms with Crippen LogP contribution in [-0.4, -0.2) is 6.54 Å². The Bertz CT molecular complexity index is 388. The van der Waals surface area contributed by atoms with Crippen molar-refractivity contribution in [2.75, 3.05) is 6.54 Å². The van der Waals surface area contributed by atoms with E-state index in [1.54, 1.807) is 6.07 Å². The van der Waals surface area contributed by atoms with Crippen LogP contribution >= 0.6 is 11.6 Å². The Balaban J connectivity index is 2.23. The second-order valence-electron chi connectivity index (χ2n) is 5.12. The third-order valence-electron chi connectivity index (χ3n) is 3.80. The van der Waals surface area contributed by atoms with Crippen LogP contribution in [0.3, 0.4) is 0 Å². The van der Waals surface area contributed by atoms with Crippen molar-refractivity contribution < 1.29 is 4.39 Å². The molecule has 0 saturated heterocycles. The molecule has 1 saturated carbocycles. The SMILES string of the molecule is CCCNC(c1cccc(F)c1Cl)C1CCCC1. The number of rotatable bonds is 5. The molecule has 0 radical (unpaired) electrons. The van der Waals surface area contributed by atoms with E-state index in [0.717, 1.165) is 18.5 Å². The lowest BCUT2D eigenvalue weighted by Gasteiger charge is -2.26. The molecule has 0 heterocycles. The van der Waals surface area contributed by atoms with Gasteiger partial charge in [0.1, 0.15) is 5.82 Å². The zero-order chi connectivity index (χ0) is 13.0. The molecule has 18 heavy (non-hydrogen) atoms. The van der Waals surface area contributed by atoms with Gasteiger partial charge in [0.05, 0.1) is 5.02 Å². The maximum absolute atomic E-state index is 13.6. The lowest BCUT2D eigenvalue weighted by Crippen LogP contribution is -2.28. The van der Waals surface area contributed by atoms with Gasteiger partial charge in [-0.25, -0.2) is 4.39 Å². The van der Waals surface area contributed by atoms with Crippen molar-refractivity contribution in [1.29, 1.82) is 0 Å².